The zero-order chi connectivity index (χ0) is 21.6. The number of rotatable bonds is 8. The fraction of sp³-hybridized carbons (Fsp3) is 0.263. The lowest BCUT2D eigenvalue weighted by atomic mass is 10.2. The number of benzene rings is 2. The van der Waals surface area contributed by atoms with Crippen molar-refractivity contribution in [2.24, 2.45) is 0 Å². The number of nitro groups is 1. The Hall–Kier alpha value is -3.14. The van der Waals surface area contributed by atoms with E-state index in [9.17, 15) is 19.7 Å². The van der Waals surface area contributed by atoms with Gasteiger partial charge in [0, 0.05) is 12.6 Å². The first-order valence-corrected chi connectivity index (χ1v) is 9.19. The van der Waals surface area contributed by atoms with E-state index in [-0.39, 0.29) is 22.3 Å². The minimum Gasteiger partial charge on any atom is -0.493 e. The molecule has 2 aromatic carbocycles. The van der Waals surface area contributed by atoms with E-state index in [0.29, 0.717) is 11.5 Å². The Morgan fingerprint density at radius 1 is 1.14 bits per heavy atom. The highest BCUT2D eigenvalue weighted by molar-refractivity contribution is 9.10. The molecule has 2 aromatic rings. The summed E-state index contributed by atoms with van der Waals surface area (Å²) in [5.41, 5.74) is 0.461. The number of nitro benzene ring substituents is 1. The Kier molecular flexibility index (Phi) is 7.54. The number of hydrogen-bond acceptors (Lipinski definition) is 7. The Morgan fingerprint density at radius 3 is 2.45 bits per heavy atom. The van der Waals surface area contributed by atoms with E-state index >= 15 is 0 Å². The van der Waals surface area contributed by atoms with E-state index in [2.05, 4.69) is 21.2 Å². The first kappa shape index (κ1) is 22.2. The Balaban J connectivity index is 1.98. The molecule has 0 aliphatic carbocycles. The van der Waals surface area contributed by atoms with Crippen LogP contribution in [0.1, 0.15) is 22.8 Å². The van der Waals surface area contributed by atoms with E-state index < -0.39 is 22.9 Å². The molecule has 10 heteroatoms. The molecule has 29 heavy (non-hydrogen) atoms. The summed E-state index contributed by atoms with van der Waals surface area (Å²) < 4.78 is 15.7. The predicted octanol–water partition coefficient (Wildman–Crippen LogP) is 3.24. The third-order valence-electron chi connectivity index (χ3n) is 3.95. The quantitative estimate of drug-likeness (QED) is 0.360. The van der Waals surface area contributed by atoms with Crippen LogP contribution in [0, 0.1) is 10.1 Å². The van der Waals surface area contributed by atoms with Crippen molar-refractivity contribution in [3.8, 4) is 11.5 Å². The summed E-state index contributed by atoms with van der Waals surface area (Å²) in [5, 5.41) is 13.6. The molecule has 0 saturated carbocycles. The maximum atomic E-state index is 12.2. The first-order chi connectivity index (χ1) is 13.8. The lowest BCUT2D eigenvalue weighted by molar-refractivity contribution is -0.385. The van der Waals surface area contributed by atoms with E-state index in [4.69, 9.17) is 14.2 Å². The maximum Gasteiger partial charge on any atom is 0.339 e. The van der Waals surface area contributed by atoms with Crippen LogP contribution in [0.25, 0.3) is 0 Å². The Bertz CT molecular complexity index is 933. The van der Waals surface area contributed by atoms with Gasteiger partial charge in [0.25, 0.3) is 11.6 Å². The van der Waals surface area contributed by atoms with E-state index in [1.807, 2.05) is 0 Å². The highest BCUT2D eigenvalue weighted by Crippen LogP contribution is 2.28. The van der Waals surface area contributed by atoms with Crippen molar-refractivity contribution >= 4 is 33.5 Å². The molecule has 0 spiro atoms. The van der Waals surface area contributed by atoms with Crippen molar-refractivity contribution in [3.05, 3.63) is 62.1 Å². The lowest BCUT2D eigenvalue weighted by Crippen LogP contribution is -2.35. The first-order valence-electron chi connectivity index (χ1n) is 8.40. The predicted molar refractivity (Wildman–Crippen MR) is 107 cm³/mol. The van der Waals surface area contributed by atoms with Gasteiger partial charge in [-0.05, 0) is 52.7 Å². The number of carbonyl (C=O) groups is 2. The van der Waals surface area contributed by atoms with Crippen LogP contribution in [0.5, 0.6) is 11.5 Å². The molecule has 0 radical (unpaired) electrons. The van der Waals surface area contributed by atoms with Gasteiger partial charge in [-0.2, -0.15) is 0 Å². The van der Waals surface area contributed by atoms with Gasteiger partial charge in [-0.15, -0.1) is 0 Å². The molecule has 0 heterocycles. The summed E-state index contributed by atoms with van der Waals surface area (Å²) in [6.07, 6.45) is -1.09. The fourth-order valence-electron chi connectivity index (χ4n) is 2.39. The molecule has 0 saturated heterocycles. The van der Waals surface area contributed by atoms with Crippen molar-refractivity contribution in [2.75, 3.05) is 14.2 Å². The second-order valence-corrected chi connectivity index (χ2v) is 6.73. The largest absolute Gasteiger partial charge is 0.493 e. The standard InChI is InChI=1S/C19H19BrN2O7/c1-11(29-19(24)13-5-6-14(20)15(9-13)22(25)26)18(23)21-10-12-4-7-16(27-2)17(8-12)28-3/h4-9,11H,10H2,1-3H3,(H,21,23). The SMILES string of the molecule is COc1ccc(CNC(=O)C(C)OC(=O)c2ccc(Br)c([N+](=O)[O-])c2)cc1OC. The summed E-state index contributed by atoms with van der Waals surface area (Å²) in [7, 11) is 3.03. The zero-order valence-electron chi connectivity index (χ0n) is 15.9. The summed E-state index contributed by atoms with van der Waals surface area (Å²) in [5.74, 6) is -0.266. The van der Waals surface area contributed by atoms with E-state index in [1.54, 1.807) is 18.2 Å². The second kappa shape index (κ2) is 9.87. The normalized spacial score (nSPS) is 11.3. The number of amides is 1. The van der Waals surface area contributed by atoms with Crippen LogP contribution in [-0.2, 0) is 16.1 Å². The van der Waals surface area contributed by atoms with E-state index in [0.717, 1.165) is 11.6 Å². The minimum absolute atomic E-state index is 0.0283. The average molecular weight is 467 g/mol. The molecule has 0 aliphatic heterocycles. The van der Waals surface area contributed by atoms with Crippen LogP contribution in [0.2, 0.25) is 0 Å². The monoisotopic (exact) mass is 466 g/mol. The number of carbonyl (C=O) groups excluding carboxylic acids is 2. The van der Waals surface area contributed by atoms with Crippen molar-refractivity contribution < 1.29 is 28.7 Å². The van der Waals surface area contributed by atoms with Crippen LogP contribution < -0.4 is 14.8 Å². The molecule has 1 N–H and O–H groups in total. The van der Waals surface area contributed by atoms with Crippen molar-refractivity contribution in [3.63, 3.8) is 0 Å². The maximum absolute atomic E-state index is 12.2. The fourth-order valence-corrected chi connectivity index (χ4v) is 2.78. The Morgan fingerprint density at radius 2 is 1.83 bits per heavy atom. The molecule has 1 atom stereocenters. The summed E-state index contributed by atoms with van der Waals surface area (Å²) in [4.78, 5) is 34.8. The van der Waals surface area contributed by atoms with Gasteiger partial charge in [0.05, 0.1) is 29.2 Å². The number of hydrogen-bond donors (Lipinski definition) is 1. The van der Waals surface area contributed by atoms with Crippen LogP contribution in [0.3, 0.4) is 0 Å². The van der Waals surface area contributed by atoms with Crippen LogP contribution >= 0.6 is 15.9 Å². The summed E-state index contributed by atoms with van der Waals surface area (Å²) in [6.45, 7) is 1.60. The van der Waals surface area contributed by atoms with E-state index in [1.165, 1.54) is 33.3 Å². The average Bonchev–Trinajstić information content (AvgIpc) is 2.71. The molecular formula is C19H19BrN2O7. The number of nitrogens with one attached hydrogen (secondary N) is 1. The molecule has 1 amide bonds. The van der Waals surface area contributed by atoms with Crippen molar-refractivity contribution in [1.82, 2.24) is 5.32 Å². The molecule has 2 rings (SSSR count). The lowest BCUT2D eigenvalue weighted by Gasteiger charge is -2.14. The molecule has 0 aromatic heterocycles. The van der Waals surface area contributed by atoms with Crippen LogP contribution in [0.4, 0.5) is 5.69 Å². The topological polar surface area (TPSA) is 117 Å². The molecule has 9 nitrogen and oxygen atoms in total. The molecule has 154 valence electrons. The van der Waals surface area contributed by atoms with Gasteiger partial charge in [-0.1, -0.05) is 6.07 Å². The highest BCUT2D eigenvalue weighted by Gasteiger charge is 2.21. The van der Waals surface area contributed by atoms with Crippen molar-refractivity contribution in [2.45, 2.75) is 19.6 Å². The molecular weight excluding hydrogens is 448 g/mol. The number of halogens is 1. The molecule has 0 aliphatic rings. The Labute approximate surface area is 175 Å². The molecule has 1 unspecified atom stereocenters. The van der Waals surface area contributed by atoms with Gasteiger partial charge >= 0.3 is 5.97 Å². The third kappa shape index (κ3) is 5.67. The number of ether oxygens (including phenoxy) is 3. The molecule has 0 fully saturated rings. The number of nitrogens with zero attached hydrogens (tertiary/aromatic N) is 1. The highest BCUT2D eigenvalue weighted by atomic mass is 79.9. The smallest absolute Gasteiger partial charge is 0.339 e. The number of esters is 1. The van der Waals surface area contributed by atoms with Crippen molar-refractivity contribution in [1.29, 1.82) is 0 Å². The summed E-state index contributed by atoms with van der Waals surface area (Å²) in [6, 6.07) is 9.02. The van der Waals surface area contributed by atoms with Gasteiger partial charge in [0.1, 0.15) is 0 Å². The van der Waals surface area contributed by atoms with Gasteiger partial charge in [-0.3, -0.25) is 14.9 Å². The third-order valence-corrected chi connectivity index (χ3v) is 4.62. The van der Waals surface area contributed by atoms with Gasteiger partial charge in [-0.25, -0.2) is 4.79 Å². The number of methoxy groups -OCH3 is 2. The van der Waals surface area contributed by atoms with Gasteiger partial charge in [0.2, 0.25) is 0 Å². The second-order valence-electron chi connectivity index (χ2n) is 5.88. The molecule has 0 bridgehead atoms. The minimum atomic E-state index is -1.09. The van der Waals surface area contributed by atoms with Gasteiger partial charge < -0.3 is 19.5 Å². The van der Waals surface area contributed by atoms with Crippen LogP contribution in [0.15, 0.2) is 40.9 Å². The van der Waals surface area contributed by atoms with Crippen LogP contribution in [-0.4, -0.2) is 37.1 Å². The zero-order valence-corrected chi connectivity index (χ0v) is 17.5. The van der Waals surface area contributed by atoms with Gasteiger partial charge in [0.15, 0.2) is 17.6 Å². The summed E-state index contributed by atoms with van der Waals surface area (Å²) >= 11 is 3.04.